The lowest BCUT2D eigenvalue weighted by Crippen LogP contribution is -2.12. The molecule has 0 aliphatic carbocycles. The Kier molecular flexibility index (Phi) is 3.39. The molecule has 1 N–H and O–H groups in total. The summed E-state index contributed by atoms with van der Waals surface area (Å²) in [6.07, 6.45) is 0. The van der Waals surface area contributed by atoms with Gasteiger partial charge in [0.05, 0.1) is 5.02 Å². The molecule has 2 aromatic carbocycles. The number of carbonyl (C=O) groups is 1. The smallest absolute Gasteiger partial charge is 0.336 e. The maximum atomic E-state index is 12.4. The fourth-order valence-electron chi connectivity index (χ4n) is 2.45. The third-order valence-electron chi connectivity index (χ3n) is 3.57. The minimum atomic E-state index is -0.422. The van der Waals surface area contributed by atoms with E-state index in [1.165, 1.54) is 12.1 Å². The second-order valence-corrected chi connectivity index (χ2v) is 5.56. The number of hydrogen-bond donors (Lipinski definition) is 1. The van der Waals surface area contributed by atoms with Gasteiger partial charge in [0, 0.05) is 22.7 Å². The topological polar surface area (TPSA) is 77.8 Å². The molecule has 4 rings (SSSR count). The highest BCUT2D eigenvalue weighted by atomic mass is 35.5. The van der Waals surface area contributed by atoms with Gasteiger partial charge in [-0.2, -0.15) is 0 Å². The molecule has 1 amide bonds. The Hall–Kier alpha value is -2.99. The van der Waals surface area contributed by atoms with Gasteiger partial charge in [-0.05, 0) is 36.4 Å². The maximum absolute atomic E-state index is 12.4. The zero-order chi connectivity index (χ0) is 16.7. The fraction of sp³-hybridized carbons (Fsp3) is 0.0588. The summed E-state index contributed by atoms with van der Waals surface area (Å²) < 4.78 is 15.5. The first-order valence-electron chi connectivity index (χ1n) is 7.04. The third-order valence-corrected chi connectivity index (χ3v) is 3.85. The van der Waals surface area contributed by atoms with Crippen molar-refractivity contribution in [3.05, 3.63) is 63.5 Å². The van der Waals surface area contributed by atoms with Gasteiger partial charge in [0.15, 0.2) is 11.5 Å². The molecule has 120 valence electrons. The Labute approximate surface area is 140 Å². The highest BCUT2D eigenvalue weighted by Crippen LogP contribution is 2.39. The van der Waals surface area contributed by atoms with Crippen molar-refractivity contribution >= 4 is 34.2 Å². The minimum Gasteiger partial charge on any atom is -0.454 e. The molecule has 7 heteroatoms. The van der Waals surface area contributed by atoms with Gasteiger partial charge >= 0.3 is 5.63 Å². The number of halogens is 1. The quantitative estimate of drug-likeness (QED) is 0.721. The largest absolute Gasteiger partial charge is 0.454 e. The number of amides is 1. The van der Waals surface area contributed by atoms with Crippen LogP contribution in [0.2, 0.25) is 5.02 Å². The minimum absolute atomic E-state index is 0.0794. The molecule has 24 heavy (non-hydrogen) atoms. The number of carbonyl (C=O) groups excluding carboxylic acids is 1. The second kappa shape index (κ2) is 5.58. The lowest BCUT2D eigenvalue weighted by Gasteiger charge is -2.08. The Balaban J connectivity index is 1.63. The van der Waals surface area contributed by atoms with Crippen molar-refractivity contribution in [2.75, 3.05) is 12.1 Å². The maximum Gasteiger partial charge on any atom is 0.336 e. The van der Waals surface area contributed by atoms with Crippen LogP contribution >= 0.6 is 11.6 Å². The van der Waals surface area contributed by atoms with E-state index in [1.54, 1.807) is 30.3 Å². The molecule has 0 spiro atoms. The van der Waals surface area contributed by atoms with Crippen molar-refractivity contribution in [1.82, 2.24) is 0 Å². The number of hydrogen-bond acceptors (Lipinski definition) is 5. The molecule has 0 unspecified atom stereocenters. The van der Waals surface area contributed by atoms with Crippen LogP contribution in [0, 0.1) is 0 Å². The highest BCUT2D eigenvalue weighted by molar-refractivity contribution is 6.32. The molecule has 0 saturated carbocycles. The summed E-state index contributed by atoms with van der Waals surface area (Å²) in [5, 5.41) is 3.79. The van der Waals surface area contributed by atoms with E-state index in [1.807, 2.05) is 0 Å². The molecule has 3 aromatic rings. The zero-order valence-corrected chi connectivity index (χ0v) is 12.9. The van der Waals surface area contributed by atoms with Crippen LogP contribution in [0.3, 0.4) is 0 Å². The average Bonchev–Trinajstić information content (AvgIpc) is 3.04. The number of fused-ring (bicyclic) bond motifs is 2. The van der Waals surface area contributed by atoms with Crippen molar-refractivity contribution in [3.8, 4) is 11.5 Å². The van der Waals surface area contributed by atoms with E-state index < -0.39 is 5.63 Å². The van der Waals surface area contributed by atoms with Gasteiger partial charge in [0.1, 0.15) is 5.58 Å². The molecule has 1 aromatic heterocycles. The number of anilines is 1. The van der Waals surface area contributed by atoms with Crippen LogP contribution in [0.4, 0.5) is 5.69 Å². The van der Waals surface area contributed by atoms with Gasteiger partial charge in [-0.15, -0.1) is 0 Å². The van der Waals surface area contributed by atoms with Crippen LogP contribution in [0.15, 0.2) is 51.7 Å². The summed E-state index contributed by atoms with van der Waals surface area (Å²) in [5.41, 5.74) is 0.944. The normalized spacial score (nSPS) is 12.4. The Bertz CT molecular complexity index is 1030. The standard InChI is InChI=1S/C17H10ClNO5/c18-12-6-10(7-14-16(12)23-8-22-14)17(21)19-11-2-3-13-9(5-11)1-4-15(20)24-13/h1-7H,8H2,(H,19,21). The van der Waals surface area contributed by atoms with Gasteiger partial charge < -0.3 is 19.2 Å². The number of nitrogens with one attached hydrogen (secondary N) is 1. The van der Waals surface area contributed by atoms with Crippen LogP contribution in [0.1, 0.15) is 10.4 Å². The zero-order valence-electron chi connectivity index (χ0n) is 12.2. The third kappa shape index (κ3) is 2.57. The van der Waals surface area contributed by atoms with Gasteiger partial charge in [0.2, 0.25) is 6.79 Å². The average molecular weight is 344 g/mol. The van der Waals surface area contributed by atoms with Gasteiger partial charge in [0.25, 0.3) is 5.91 Å². The van der Waals surface area contributed by atoms with E-state index in [9.17, 15) is 9.59 Å². The van der Waals surface area contributed by atoms with E-state index >= 15 is 0 Å². The number of rotatable bonds is 2. The summed E-state index contributed by atoms with van der Waals surface area (Å²) in [6.45, 7) is 0.0794. The molecule has 2 heterocycles. The lowest BCUT2D eigenvalue weighted by atomic mass is 10.1. The Morgan fingerprint density at radius 2 is 1.96 bits per heavy atom. The van der Waals surface area contributed by atoms with E-state index in [2.05, 4.69) is 5.32 Å². The van der Waals surface area contributed by atoms with Crippen LogP contribution in [-0.2, 0) is 0 Å². The highest BCUT2D eigenvalue weighted by Gasteiger charge is 2.20. The number of ether oxygens (including phenoxy) is 2. The van der Waals surface area contributed by atoms with Crippen LogP contribution in [0.5, 0.6) is 11.5 Å². The van der Waals surface area contributed by atoms with E-state index in [-0.39, 0.29) is 12.7 Å². The molecule has 6 nitrogen and oxygen atoms in total. The van der Waals surface area contributed by atoms with E-state index in [0.717, 1.165) is 0 Å². The number of benzene rings is 2. The van der Waals surface area contributed by atoms with Crippen molar-refractivity contribution in [2.24, 2.45) is 0 Å². The molecule has 1 aliphatic heterocycles. The van der Waals surface area contributed by atoms with Crippen molar-refractivity contribution in [1.29, 1.82) is 0 Å². The monoisotopic (exact) mass is 343 g/mol. The molecule has 1 aliphatic rings. The molecule has 0 saturated heterocycles. The Morgan fingerprint density at radius 3 is 2.83 bits per heavy atom. The predicted octanol–water partition coefficient (Wildman–Crippen LogP) is 3.43. The van der Waals surface area contributed by atoms with E-state index in [0.29, 0.717) is 38.7 Å². The molecule has 0 bridgehead atoms. The van der Waals surface area contributed by atoms with Crippen molar-refractivity contribution < 1.29 is 18.7 Å². The molecular formula is C17H10ClNO5. The van der Waals surface area contributed by atoms with Crippen molar-refractivity contribution in [2.45, 2.75) is 0 Å². The fourth-order valence-corrected chi connectivity index (χ4v) is 2.72. The van der Waals surface area contributed by atoms with Gasteiger partial charge in [-0.1, -0.05) is 11.6 Å². The lowest BCUT2D eigenvalue weighted by molar-refractivity contribution is 0.102. The van der Waals surface area contributed by atoms with Gasteiger partial charge in [-0.3, -0.25) is 4.79 Å². The van der Waals surface area contributed by atoms with Crippen LogP contribution in [0.25, 0.3) is 11.0 Å². The van der Waals surface area contributed by atoms with Crippen LogP contribution in [-0.4, -0.2) is 12.7 Å². The molecule has 0 radical (unpaired) electrons. The summed E-state index contributed by atoms with van der Waals surface area (Å²) in [6, 6.07) is 11.0. The predicted molar refractivity (Wildman–Crippen MR) is 88.0 cm³/mol. The second-order valence-electron chi connectivity index (χ2n) is 5.15. The van der Waals surface area contributed by atoms with Gasteiger partial charge in [-0.25, -0.2) is 4.79 Å². The summed E-state index contributed by atoms with van der Waals surface area (Å²) in [5.74, 6) is 0.536. The summed E-state index contributed by atoms with van der Waals surface area (Å²) in [4.78, 5) is 23.6. The summed E-state index contributed by atoms with van der Waals surface area (Å²) in [7, 11) is 0. The van der Waals surface area contributed by atoms with E-state index in [4.69, 9.17) is 25.5 Å². The first kappa shape index (κ1) is 14.6. The SMILES string of the molecule is O=C(Nc1ccc2oc(=O)ccc2c1)c1cc(Cl)c2c(c1)OCO2. The summed E-state index contributed by atoms with van der Waals surface area (Å²) >= 11 is 6.09. The Morgan fingerprint density at radius 1 is 1.08 bits per heavy atom. The van der Waals surface area contributed by atoms with Crippen molar-refractivity contribution in [3.63, 3.8) is 0 Å². The first-order valence-corrected chi connectivity index (χ1v) is 7.42. The molecule has 0 fully saturated rings. The first-order chi connectivity index (χ1) is 11.6. The molecule has 0 atom stereocenters. The molecular weight excluding hydrogens is 334 g/mol. The van der Waals surface area contributed by atoms with Crippen LogP contribution < -0.4 is 20.4 Å².